The third kappa shape index (κ3) is 10.9. The zero-order valence-electron chi connectivity index (χ0n) is 33.3. The van der Waals surface area contributed by atoms with Crippen LogP contribution in [0.2, 0.25) is 36.3 Å². The van der Waals surface area contributed by atoms with Gasteiger partial charge < -0.3 is 27.8 Å². The highest BCUT2D eigenvalue weighted by molar-refractivity contribution is 6.74. The van der Waals surface area contributed by atoms with E-state index in [0.29, 0.717) is 39.1 Å². The number of carbonyl (C=O) groups excluding carboxylic acids is 1. The van der Waals surface area contributed by atoms with Crippen LogP contribution >= 0.6 is 0 Å². The van der Waals surface area contributed by atoms with Gasteiger partial charge in [0, 0.05) is 30.1 Å². The molecule has 4 aliphatic rings. The number of allylic oxidation sites excluding steroid dienone is 2. The molecule has 1 aromatic rings. The molecule has 294 valence electrons. The summed E-state index contributed by atoms with van der Waals surface area (Å²) in [4.78, 5) is 13.7. The number of fused-ring (bicyclic) bond motifs is 3. The summed E-state index contributed by atoms with van der Waals surface area (Å²) in [5, 5.41) is -0.153. The third-order valence-corrected chi connectivity index (χ3v) is 20.7. The van der Waals surface area contributed by atoms with Gasteiger partial charge >= 0.3 is 6.18 Å². The molecular weight excluding hydrogens is 706 g/mol. The summed E-state index contributed by atoms with van der Waals surface area (Å²) >= 11 is 0. The third-order valence-electron chi connectivity index (χ3n) is 11.7. The van der Waals surface area contributed by atoms with E-state index in [1.807, 2.05) is 6.08 Å². The zero-order chi connectivity index (χ0) is 38.8. The Balaban J connectivity index is 1.52. The minimum absolute atomic E-state index is 0.0290. The van der Waals surface area contributed by atoms with Gasteiger partial charge in [0.05, 0.1) is 37.6 Å². The molecule has 4 fully saturated rings. The van der Waals surface area contributed by atoms with Crippen LogP contribution in [0.25, 0.3) is 0 Å². The van der Waals surface area contributed by atoms with Gasteiger partial charge in [-0.1, -0.05) is 78.8 Å². The molecule has 0 radical (unpaired) electrons. The molecule has 4 atom stereocenters. The number of benzene rings is 1. The lowest BCUT2D eigenvalue weighted by atomic mass is 9.90. The summed E-state index contributed by atoms with van der Waals surface area (Å²) in [5.41, 5.74) is -0.836. The van der Waals surface area contributed by atoms with Crippen LogP contribution in [0.5, 0.6) is 5.75 Å². The monoisotopic (exact) mass is 768 g/mol. The number of carbonyl (C=O) groups is 1. The topological polar surface area (TPSA) is 72.5 Å². The minimum Gasteiger partial charge on any atom is -0.491 e. The molecule has 2 bridgehead atoms. The van der Waals surface area contributed by atoms with Crippen LogP contribution in [0.1, 0.15) is 86.1 Å². The van der Waals surface area contributed by atoms with Gasteiger partial charge in [0.1, 0.15) is 18.1 Å². The largest absolute Gasteiger partial charge is 0.491 e. The average Bonchev–Trinajstić information content (AvgIpc) is 3.31. The number of alkyl halides is 3. The molecule has 5 rings (SSSR count). The first-order chi connectivity index (χ1) is 23.9. The van der Waals surface area contributed by atoms with Crippen LogP contribution in [0.15, 0.2) is 48.6 Å². The molecule has 0 amide bonds. The summed E-state index contributed by atoms with van der Waals surface area (Å²) in [7, 11) is -4.56. The quantitative estimate of drug-likeness (QED) is 0.0999. The number of hydrogen-bond donors (Lipinski definition) is 0. The summed E-state index contributed by atoms with van der Waals surface area (Å²) in [5.74, 6) is -1.11. The van der Waals surface area contributed by atoms with E-state index in [4.69, 9.17) is 27.8 Å². The standard InChI is InChI=1S/C40H63F3O7Si2/c1-36(2,3)51(8,9)49-31(25-45-30-18-16-17-29(23-30)40(41,42)43)20-21-33-32(34(44)24-35(33)50-52(10,11)37(4,5)6)19-14-12-13-15-22-39-46-26-38(7,27-47-39)28-48-39/h12,14,16-18,20-21,23,31-33,35H,13,15,19,22,24-28H2,1-11H3/b14-12-,21-20+/t31-,32-,33-,35-,38?,39?/m1/s1. The molecular formula is C40H63F3O7Si2. The summed E-state index contributed by atoms with van der Waals surface area (Å²) in [6.07, 6.45) is 6.10. The van der Waals surface area contributed by atoms with Crippen LogP contribution in [-0.4, -0.2) is 67.0 Å². The van der Waals surface area contributed by atoms with Gasteiger partial charge in [-0.3, -0.25) is 4.79 Å². The Hall–Kier alpha value is -1.81. The molecule has 3 aliphatic heterocycles. The average molecular weight is 769 g/mol. The molecule has 12 heteroatoms. The summed E-state index contributed by atoms with van der Waals surface area (Å²) in [6.45, 7) is 25.7. The molecule has 52 heavy (non-hydrogen) atoms. The van der Waals surface area contributed by atoms with Crippen molar-refractivity contribution in [2.24, 2.45) is 17.3 Å². The number of rotatable bonds is 15. The van der Waals surface area contributed by atoms with Gasteiger partial charge in [-0.05, 0) is 73.7 Å². The van der Waals surface area contributed by atoms with Crippen LogP contribution in [0.3, 0.4) is 0 Å². The number of Topliss-reactive ketones (excluding diaryl/α,β-unsaturated/α-hetero) is 1. The second-order valence-corrected chi connectivity index (χ2v) is 27.9. The number of unbranched alkanes of at least 4 members (excludes halogenated alkanes) is 1. The van der Waals surface area contributed by atoms with Crippen molar-refractivity contribution < 1.29 is 45.8 Å². The van der Waals surface area contributed by atoms with Crippen LogP contribution < -0.4 is 4.74 Å². The van der Waals surface area contributed by atoms with Crippen molar-refractivity contribution >= 4 is 22.4 Å². The van der Waals surface area contributed by atoms with E-state index in [0.717, 1.165) is 25.0 Å². The maximum Gasteiger partial charge on any atom is 0.416 e. The molecule has 1 saturated carbocycles. The molecule has 7 nitrogen and oxygen atoms in total. The molecule has 1 aromatic carbocycles. The van der Waals surface area contributed by atoms with Crippen molar-refractivity contribution in [3.8, 4) is 5.75 Å². The zero-order valence-corrected chi connectivity index (χ0v) is 35.3. The number of hydrogen-bond acceptors (Lipinski definition) is 7. The lowest BCUT2D eigenvalue weighted by Crippen LogP contribution is -2.58. The highest BCUT2D eigenvalue weighted by Crippen LogP contribution is 2.44. The minimum atomic E-state index is -4.47. The Kier molecular flexibility index (Phi) is 13.3. The lowest BCUT2D eigenvalue weighted by molar-refractivity contribution is -0.467. The molecule has 1 aliphatic carbocycles. The number of ether oxygens (including phenoxy) is 4. The van der Waals surface area contributed by atoms with Gasteiger partial charge in [-0.25, -0.2) is 0 Å². The predicted octanol–water partition coefficient (Wildman–Crippen LogP) is 10.5. The fourth-order valence-electron chi connectivity index (χ4n) is 6.17. The normalized spacial score (nSPS) is 28.3. The van der Waals surface area contributed by atoms with Crippen molar-refractivity contribution in [2.75, 3.05) is 26.4 Å². The Morgan fingerprint density at radius 1 is 0.942 bits per heavy atom. The molecule has 3 saturated heterocycles. The Labute approximate surface area is 312 Å². The van der Waals surface area contributed by atoms with E-state index in [1.165, 1.54) is 12.1 Å². The maximum atomic E-state index is 13.7. The van der Waals surface area contributed by atoms with Crippen molar-refractivity contribution in [3.63, 3.8) is 0 Å². The van der Waals surface area contributed by atoms with E-state index in [-0.39, 0.29) is 51.6 Å². The fourth-order valence-corrected chi connectivity index (χ4v) is 8.78. The smallest absolute Gasteiger partial charge is 0.416 e. The van der Waals surface area contributed by atoms with Crippen molar-refractivity contribution in [1.29, 1.82) is 0 Å². The Morgan fingerprint density at radius 3 is 2.13 bits per heavy atom. The fraction of sp³-hybridized carbons (Fsp3) is 0.725. The Morgan fingerprint density at radius 2 is 1.56 bits per heavy atom. The SMILES string of the molecule is CC12COC(CCC/C=C\C[C@H]3C(=O)C[C@@H](O[Si](C)(C)C(C)(C)C)[C@@H]3/C=C/[C@H](COc3cccc(C(F)(F)F)c3)O[Si](C)(C)C(C)(C)C)(OC1)OC2. The van der Waals surface area contributed by atoms with Crippen molar-refractivity contribution in [1.82, 2.24) is 0 Å². The Bertz CT molecular complexity index is 1400. The van der Waals surface area contributed by atoms with Gasteiger partial charge in [-0.2, -0.15) is 13.2 Å². The molecule has 0 spiro atoms. The van der Waals surface area contributed by atoms with Crippen molar-refractivity contribution in [3.05, 3.63) is 54.1 Å². The predicted molar refractivity (Wildman–Crippen MR) is 203 cm³/mol. The first kappa shape index (κ1) is 42.9. The highest BCUT2D eigenvalue weighted by atomic mass is 28.4. The van der Waals surface area contributed by atoms with E-state index < -0.39 is 40.5 Å². The van der Waals surface area contributed by atoms with Gasteiger partial charge in [0.2, 0.25) is 0 Å². The molecule has 3 heterocycles. The van der Waals surface area contributed by atoms with Crippen LogP contribution in [0, 0.1) is 17.3 Å². The summed E-state index contributed by atoms with van der Waals surface area (Å²) < 4.78 is 77.7. The second kappa shape index (κ2) is 16.1. The van der Waals surface area contributed by atoms with E-state index in [2.05, 4.69) is 92.9 Å². The van der Waals surface area contributed by atoms with Gasteiger partial charge in [-0.15, -0.1) is 0 Å². The lowest BCUT2D eigenvalue weighted by Gasteiger charge is -2.50. The second-order valence-electron chi connectivity index (χ2n) is 18.4. The van der Waals surface area contributed by atoms with Gasteiger partial charge in [0.25, 0.3) is 5.97 Å². The number of halogens is 3. The summed E-state index contributed by atoms with van der Waals surface area (Å²) in [6, 6.07) is 4.91. The maximum absolute atomic E-state index is 13.7. The molecule has 0 unspecified atom stereocenters. The van der Waals surface area contributed by atoms with Crippen LogP contribution in [-0.2, 0) is 34.0 Å². The van der Waals surface area contributed by atoms with E-state index in [1.54, 1.807) is 0 Å². The number of ketones is 1. The molecule has 0 aromatic heterocycles. The van der Waals surface area contributed by atoms with E-state index >= 15 is 0 Å². The molecule has 0 N–H and O–H groups in total. The first-order valence-corrected chi connectivity index (χ1v) is 24.6. The highest BCUT2D eigenvalue weighted by Gasteiger charge is 2.50. The van der Waals surface area contributed by atoms with E-state index in [9.17, 15) is 18.0 Å². The van der Waals surface area contributed by atoms with Crippen LogP contribution in [0.4, 0.5) is 13.2 Å². The van der Waals surface area contributed by atoms with Crippen molar-refractivity contribution in [2.45, 2.75) is 141 Å². The van der Waals surface area contributed by atoms with Gasteiger partial charge in [0.15, 0.2) is 16.6 Å². The first-order valence-electron chi connectivity index (χ1n) is 18.8.